The highest BCUT2D eigenvalue weighted by molar-refractivity contribution is 5.78. The molecule has 6 heteroatoms. The van der Waals surface area contributed by atoms with E-state index in [2.05, 4.69) is 0 Å². The van der Waals surface area contributed by atoms with E-state index in [4.69, 9.17) is 14.2 Å². The molecule has 0 heterocycles. The Bertz CT molecular complexity index is 801. The van der Waals surface area contributed by atoms with Gasteiger partial charge in [-0.1, -0.05) is 24.3 Å². The van der Waals surface area contributed by atoms with E-state index in [1.165, 1.54) is 7.11 Å². The molecule has 2 aromatic rings. The lowest BCUT2D eigenvalue weighted by atomic mass is 10.1. The number of esters is 1. The third kappa shape index (κ3) is 6.01. The predicted molar refractivity (Wildman–Crippen MR) is 106 cm³/mol. The number of carbonyl (C=O) groups excluding carboxylic acids is 2. The number of amides is 1. The first-order valence-electron chi connectivity index (χ1n) is 9.11. The number of benzene rings is 2. The van der Waals surface area contributed by atoms with Crippen LogP contribution in [0.3, 0.4) is 0 Å². The Balaban J connectivity index is 2.06. The van der Waals surface area contributed by atoms with Gasteiger partial charge in [-0.25, -0.2) is 0 Å². The molecule has 0 fully saturated rings. The van der Waals surface area contributed by atoms with Crippen LogP contribution in [0, 0.1) is 13.8 Å². The van der Waals surface area contributed by atoms with Crippen LogP contribution in [-0.4, -0.2) is 44.1 Å². The molecule has 2 aromatic carbocycles. The van der Waals surface area contributed by atoms with Crippen molar-refractivity contribution in [3.63, 3.8) is 0 Å². The molecule has 0 aliphatic rings. The molecule has 0 atom stereocenters. The summed E-state index contributed by atoms with van der Waals surface area (Å²) in [6.45, 7) is 4.49. The number of aryl methyl sites for hydroxylation is 1. The molecule has 6 nitrogen and oxygen atoms in total. The summed E-state index contributed by atoms with van der Waals surface area (Å²) in [7, 11) is 2.94. The second kappa shape index (κ2) is 10.3. The highest BCUT2D eigenvalue weighted by atomic mass is 16.5. The van der Waals surface area contributed by atoms with Crippen LogP contribution in [0.4, 0.5) is 0 Å². The number of carbonyl (C=O) groups is 2. The molecule has 0 saturated carbocycles. The standard InChI is InChI=1S/C22H27NO5/c1-16-6-5-7-20(17(16)2)28-15-21(24)23(13-12-22(25)27-4)14-18-8-10-19(26-3)11-9-18/h5-11H,12-15H2,1-4H3. The van der Waals surface area contributed by atoms with Gasteiger partial charge in [0, 0.05) is 13.1 Å². The monoisotopic (exact) mass is 385 g/mol. The lowest BCUT2D eigenvalue weighted by Crippen LogP contribution is -2.36. The molecule has 0 aromatic heterocycles. The molecule has 1 amide bonds. The lowest BCUT2D eigenvalue weighted by Gasteiger charge is -2.23. The van der Waals surface area contributed by atoms with Crippen LogP contribution in [0.15, 0.2) is 42.5 Å². The van der Waals surface area contributed by atoms with Crippen LogP contribution in [-0.2, 0) is 20.9 Å². The number of ether oxygens (including phenoxy) is 3. The topological polar surface area (TPSA) is 65.1 Å². The van der Waals surface area contributed by atoms with Crippen molar-refractivity contribution in [3.8, 4) is 11.5 Å². The Kier molecular flexibility index (Phi) is 7.87. The van der Waals surface area contributed by atoms with Crippen molar-refractivity contribution in [1.82, 2.24) is 4.90 Å². The van der Waals surface area contributed by atoms with Crippen LogP contribution in [0.2, 0.25) is 0 Å². The van der Waals surface area contributed by atoms with Crippen molar-refractivity contribution < 1.29 is 23.8 Å². The maximum atomic E-state index is 12.8. The zero-order chi connectivity index (χ0) is 20.5. The fourth-order valence-electron chi connectivity index (χ4n) is 2.68. The molecule has 28 heavy (non-hydrogen) atoms. The van der Waals surface area contributed by atoms with E-state index in [9.17, 15) is 9.59 Å². The second-order valence-corrected chi connectivity index (χ2v) is 6.48. The van der Waals surface area contributed by atoms with Gasteiger partial charge in [-0.15, -0.1) is 0 Å². The maximum Gasteiger partial charge on any atom is 0.307 e. The molecule has 0 bridgehead atoms. The Morgan fingerprint density at radius 2 is 1.71 bits per heavy atom. The highest BCUT2D eigenvalue weighted by Crippen LogP contribution is 2.21. The first-order valence-corrected chi connectivity index (χ1v) is 9.11. The zero-order valence-corrected chi connectivity index (χ0v) is 16.9. The van der Waals surface area contributed by atoms with Crippen molar-refractivity contribution in [2.24, 2.45) is 0 Å². The summed E-state index contributed by atoms with van der Waals surface area (Å²) in [6.07, 6.45) is 0.127. The predicted octanol–water partition coefficient (Wildman–Crippen LogP) is 3.28. The molecule has 0 radical (unpaired) electrons. The number of hydrogen-bond donors (Lipinski definition) is 0. The number of nitrogens with zero attached hydrogens (tertiary/aromatic N) is 1. The smallest absolute Gasteiger partial charge is 0.307 e. The Morgan fingerprint density at radius 1 is 1.00 bits per heavy atom. The van der Waals surface area contributed by atoms with E-state index in [-0.39, 0.29) is 31.4 Å². The third-order valence-electron chi connectivity index (χ3n) is 4.60. The normalized spacial score (nSPS) is 10.3. The van der Waals surface area contributed by atoms with Crippen molar-refractivity contribution in [3.05, 3.63) is 59.2 Å². The second-order valence-electron chi connectivity index (χ2n) is 6.48. The van der Waals surface area contributed by atoms with Crippen molar-refractivity contribution in [2.75, 3.05) is 27.4 Å². The fraction of sp³-hybridized carbons (Fsp3) is 0.364. The van der Waals surface area contributed by atoms with E-state index >= 15 is 0 Å². The van der Waals surface area contributed by atoms with Crippen molar-refractivity contribution in [1.29, 1.82) is 0 Å². The van der Waals surface area contributed by atoms with E-state index in [0.29, 0.717) is 12.3 Å². The zero-order valence-electron chi connectivity index (χ0n) is 16.9. The minimum atomic E-state index is -0.358. The quantitative estimate of drug-likeness (QED) is 0.620. The summed E-state index contributed by atoms with van der Waals surface area (Å²) in [5.41, 5.74) is 3.04. The van der Waals surface area contributed by atoms with Gasteiger partial charge in [0.15, 0.2) is 6.61 Å². The summed E-state index contributed by atoms with van der Waals surface area (Å²) in [5, 5.41) is 0. The Hall–Kier alpha value is -3.02. The van der Waals surface area contributed by atoms with Gasteiger partial charge >= 0.3 is 5.97 Å². The van der Waals surface area contributed by atoms with E-state index in [0.717, 1.165) is 22.4 Å². The van der Waals surface area contributed by atoms with Gasteiger partial charge in [0.05, 0.1) is 20.6 Å². The molecular weight excluding hydrogens is 358 g/mol. The van der Waals surface area contributed by atoms with E-state index in [1.54, 1.807) is 12.0 Å². The summed E-state index contributed by atoms with van der Waals surface area (Å²) in [6, 6.07) is 13.2. The van der Waals surface area contributed by atoms with Crippen molar-refractivity contribution >= 4 is 11.9 Å². The van der Waals surface area contributed by atoms with Gasteiger partial charge in [-0.05, 0) is 48.7 Å². The van der Waals surface area contributed by atoms with Crippen LogP contribution in [0.5, 0.6) is 11.5 Å². The highest BCUT2D eigenvalue weighted by Gasteiger charge is 2.17. The SMILES string of the molecule is COC(=O)CCN(Cc1ccc(OC)cc1)C(=O)COc1cccc(C)c1C. The Morgan fingerprint density at radius 3 is 2.36 bits per heavy atom. The third-order valence-corrected chi connectivity index (χ3v) is 4.60. The van der Waals surface area contributed by atoms with Gasteiger partial charge in [-0.2, -0.15) is 0 Å². The molecule has 2 rings (SSSR count). The minimum Gasteiger partial charge on any atom is -0.497 e. The van der Waals surface area contributed by atoms with Gasteiger partial charge in [-0.3, -0.25) is 9.59 Å². The van der Waals surface area contributed by atoms with Crippen LogP contribution < -0.4 is 9.47 Å². The number of rotatable bonds is 9. The largest absolute Gasteiger partial charge is 0.497 e. The first kappa shape index (κ1) is 21.3. The maximum absolute atomic E-state index is 12.8. The molecule has 0 saturated heterocycles. The lowest BCUT2D eigenvalue weighted by molar-refractivity contribution is -0.142. The van der Waals surface area contributed by atoms with E-state index in [1.807, 2.05) is 56.3 Å². The summed E-state index contributed by atoms with van der Waals surface area (Å²) in [5.74, 6) is 0.878. The average molecular weight is 385 g/mol. The molecule has 0 aliphatic heterocycles. The summed E-state index contributed by atoms with van der Waals surface area (Å²) in [4.78, 5) is 25.9. The number of hydrogen-bond acceptors (Lipinski definition) is 5. The molecule has 0 unspecified atom stereocenters. The summed E-state index contributed by atoms with van der Waals surface area (Å²) >= 11 is 0. The molecule has 0 aliphatic carbocycles. The first-order chi connectivity index (χ1) is 13.4. The molecular formula is C22H27NO5. The van der Waals surface area contributed by atoms with Gasteiger partial charge in [0.1, 0.15) is 11.5 Å². The molecule has 0 N–H and O–H groups in total. The number of methoxy groups -OCH3 is 2. The summed E-state index contributed by atoms with van der Waals surface area (Å²) < 4.78 is 15.6. The van der Waals surface area contributed by atoms with Crippen LogP contribution in [0.1, 0.15) is 23.1 Å². The molecule has 150 valence electrons. The fourth-order valence-corrected chi connectivity index (χ4v) is 2.68. The van der Waals surface area contributed by atoms with E-state index < -0.39 is 0 Å². The van der Waals surface area contributed by atoms with Gasteiger partial charge in [0.2, 0.25) is 0 Å². The average Bonchev–Trinajstić information content (AvgIpc) is 2.72. The molecule has 0 spiro atoms. The Labute approximate surface area is 166 Å². The van der Waals surface area contributed by atoms with Crippen molar-refractivity contribution in [2.45, 2.75) is 26.8 Å². The van der Waals surface area contributed by atoms with Crippen LogP contribution in [0.25, 0.3) is 0 Å². The minimum absolute atomic E-state index is 0.0956. The van der Waals surface area contributed by atoms with Gasteiger partial charge in [0.25, 0.3) is 5.91 Å². The van der Waals surface area contributed by atoms with Gasteiger partial charge < -0.3 is 19.1 Å². The van der Waals surface area contributed by atoms with Crippen LogP contribution >= 0.6 is 0 Å².